The number of halogens is 3. The van der Waals surface area contributed by atoms with Gasteiger partial charge in [0.2, 0.25) is 0 Å². The molecule has 23 heavy (non-hydrogen) atoms. The third-order valence-electron chi connectivity index (χ3n) is 3.25. The van der Waals surface area contributed by atoms with Crippen LogP contribution in [0.3, 0.4) is 0 Å². The van der Waals surface area contributed by atoms with Gasteiger partial charge in [0.1, 0.15) is 5.75 Å². The highest BCUT2D eigenvalue weighted by Gasteiger charge is 2.29. The van der Waals surface area contributed by atoms with Crippen molar-refractivity contribution in [1.82, 2.24) is 0 Å². The van der Waals surface area contributed by atoms with Gasteiger partial charge in [-0.15, -0.1) is 0 Å². The Labute approximate surface area is 131 Å². The zero-order valence-electron chi connectivity index (χ0n) is 12.1. The molecule has 2 aromatic rings. The Morgan fingerprint density at radius 2 is 1.70 bits per heavy atom. The van der Waals surface area contributed by atoms with Crippen molar-refractivity contribution in [3.63, 3.8) is 0 Å². The molecule has 0 aromatic heterocycles. The van der Waals surface area contributed by atoms with Crippen molar-refractivity contribution in [3.05, 3.63) is 53.6 Å². The van der Waals surface area contributed by atoms with Crippen LogP contribution in [0, 0.1) is 0 Å². The van der Waals surface area contributed by atoms with Gasteiger partial charge in [-0.05, 0) is 35.4 Å². The molecule has 0 heterocycles. The predicted octanol–water partition coefficient (Wildman–Crippen LogP) is 3.95. The van der Waals surface area contributed by atoms with Crippen molar-refractivity contribution in [3.8, 4) is 16.9 Å². The van der Waals surface area contributed by atoms with Crippen LogP contribution in [-0.4, -0.2) is 24.6 Å². The molecular formula is C17H15F3O3. The Morgan fingerprint density at radius 3 is 2.26 bits per heavy atom. The standard InChI is InChI=1S/C17H15F3O3/c18-17(19,20)15-6-4-12(5-7-15)13-2-3-14(11-22)16(10-13)23-9-1-8-21/h2-7,10-11,21H,1,8-9H2. The number of benzene rings is 2. The summed E-state index contributed by atoms with van der Waals surface area (Å²) in [6.45, 7) is 0.211. The van der Waals surface area contributed by atoms with Gasteiger partial charge in [-0.25, -0.2) is 0 Å². The van der Waals surface area contributed by atoms with E-state index in [9.17, 15) is 18.0 Å². The van der Waals surface area contributed by atoms with Crippen LogP contribution >= 0.6 is 0 Å². The monoisotopic (exact) mass is 324 g/mol. The number of carbonyl (C=O) groups is 1. The van der Waals surface area contributed by atoms with Crippen molar-refractivity contribution in [2.45, 2.75) is 12.6 Å². The summed E-state index contributed by atoms with van der Waals surface area (Å²) >= 11 is 0. The van der Waals surface area contributed by atoms with Crippen LogP contribution in [0.5, 0.6) is 5.75 Å². The van der Waals surface area contributed by atoms with Crippen LogP contribution in [-0.2, 0) is 6.18 Å². The Morgan fingerprint density at radius 1 is 1.04 bits per heavy atom. The zero-order chi connectivity index (χ0) is 16.9. The van der Waals surface area contributed by atoms with Gasteiger partial charge in [-0.3, -0.25) is 4.79 Å². The van der Waals surface area contributed by atoms with Gasteiger partial charge in [0.15, 0.2) is 6.29 Å². The van der Waals surface area contributed by atoms with Gasteiger partial charge in [-0.1, -0.05) is 18.2 Å². The van der Waals surface area contributed by atoms with E-state index in [4.69, 9.17) is 9.84 Å². The van der Waals surface area contributed by atoms with Crippen molar-refractivity contribution < 1.29 is 27.8 Å². The average molecular weight is 324 g/mol. The summed E-state index contributed by atoms with van der Waals surface area (Å²) in [5.41, 5.74) is 0.856. The SMILES string of the molecule is O=Cc1ccc(-c2ccc(C(F)(F)F)cc2)cc1OCCCO. The number of alkyl halides is 3. The van der Waals surface area contributed by atoms with E-state index in [1.54, 1.807) is 18.2 Å². The van der Waals surface area contributed by atoms with Crippen molar-refractivity contribution in [2.75, 3.05) is 13.2 Å². The number of ether oxygens (including phenoxy) is 1. The first kappa shape index (κ1) is 17.0. The molecule has 0 spiro atoms. The summed E-state index contributed by atoms with van der Waals surface area (Å²) in [6, 6.07) is 9.56. The van der Waals surface area contributed by atoms with Crippen molar-refractivity contribution >= 4 is 6.29 Å². The second kappa shape index (κ2) is 7.28. The van der Waals surface area contributed by atoms with Crippen LogP contribution in [0.1, 0.15) is 22.3 Å². The number of rotatable bonds is 6. The van der Waals surface area contributed by atoms with E-state index in [2.05, 4.69) is 0 Å². The molecule has 0 radical (unpaired) electrons. The van der Waals surface area contributed by atoms with Crippen LogP contribution in [0.2, 0.25) is 0 Å². The molecule has 0 amide bonds. The molecule has 0 saturated heterocycles. The van der Waals surface area contributed by atoms with Gasteiger partial charge in [0.25, 0.3) is 0 Å². The minimum absolute atomic E-state index is 0.0327. The van der Waals surface area contributed by atoms with Gasteiger partial charge in [0.05, 0.1) is 17.7 Å². The minimum Gasteiger partial charge on any atom is -0.493 e. The maximum atomic E-state index is 12.6. The second-order valence-electron chi connectivity index (χ2n) is 4.87. The van der Waals surface area contributed by atoms with Crippen molar-refractivity contribution in [2.24, 2.45) is 0 Å². The highest BCUT2D eigenvalue weighted by Crippen LogP contribution is 2.32. The lowest BCUT2D eigenvalue weighted by Gasteiger charge is -2.11. The largest absolute Gasteiger partial charge is 0.493 e. The molecule has 0 aliphatic rings. The molecule has 0 bridgehead atoms. The van der Waals surface area contributed by atoms with E-state index in [0.29, 0.717) is 35.1 Å². The lowest BCUT2D eigenvalue weighted by atomic mass is 10.0. The van der Waals surface area contributed by atoms with Gasteiger partial charge < -0.3 is 9.84 Å². The first-order valence-electron chi connectivity index (χ1n) is 6.96. The van der Waals surface area contributed by atoms with E-state index < -0.39 is 11.7 Å². The molecule has 2 aromatic carbocycles. The normalized spacial score (nSPS) is 11.3. The summed E-state index contributed by atoms with van der Waals surface area (Å²) in [4.78, 5) is 11.0. The highest BCUT2D eigenvalue weighted by atomic mass is 19.4. The number of hydrogen-bond acceptors (Lipinski definition) is 3. The van der Waals surface area contributed by atoms with E-state index in [-0.39, 0.29) is 13.2 Å². The molecule has 0 unspecified atom stereocenters. The fourth-order valence-corrected chi connectivity index (χ4v) is 2.03. The van der Waals surface area contributed by atoms with E-state index in [0.717, 1.165) is 12.1 Å². The maximum absolute atomic E-state index is 12.6. The Kier molecular flexibility index (Phi) is 5.39. The number of carbonyl (C=O) groups excluding carboxylic acids is 1. The number of aldehydes is 1. The summed E-state index contributed by atoms with van der Waals surface area (Å²) in [5, 5.41) is 8.75. The van der Waals surface area contributed by atoms with E-state index in [1.807, 2.05) is 0 Å². The molecule has 122 valence electrons. The fourth-order valence-electron chi connectivity index (χ4n) is 2.03. The van der Waals surface area contributed by atoms with Gasteiger partial charge >= 0.3 is 6.18 Å². The smallest absolute Gasteiger partial charge is 0.416 e. The third kappa shape index (κ3) is 4.32. The second-order valence-corrected chi connectivity index (χ2v) is 4.87. The Balaban J connectivity index is 2.28. The van der Waals surface area contributed by atoms with Crippen molar-refractivity contribution in [1.29, 1.82) is 0 Å². The predicted molar refractivity (Wildman–Crippen MR) is 79.5 cm³/mol. The molecule has 0 saturated carbocycles. The Bertz CT molecular complexity index is 664. The minimum atomic E-state index is -4.38. The quantitative estimate of drug-likeness (QED) is 0.646. The molecule has 0 atom stereocenters. The molecule has 0 aliphatic heterocycles. The van der Waals surface area contributed by atoms with E-state index in [1.165, 1.54) is 12.1 Å². The number of aliphatic hydroxyl groups excluding tert-OH is 1. The van der Waals surface area contributed by atoms with Crippen LogP contribution in [0.4, 0.5) is 13.2 Å². The lowest BCUT2D eigenvalue weighted by Crippen LogP contribution is -2.04. The van der Waals surface area contributed by atoms with Crippen LogP contribution in [0.15, 0.2) is 42.5 Å². The first-order chi connectivity index (χ1) is 11.0. The summed E-state index contributed by atoms with van der Waals surface area (Å²) < 4.78 is 43.2. The average Bonchev–Trinajstić information content (AvgIpc) is 2.54. The van der Waals surface area contributed by atoms with Crippen LogP contribution < -0.4 is 4.74 Å². The molecule has 0 aliphatic carbocycles. The van der Waals surface area contributed by atoms with Gasteiger partial charge in [-0.2, -0.15) is 13.2 Å². The third-order valence-corrected chi connectivity index (χ3v) is 3.25. The summed E-state index contributed by atoms with van der Waals surface area (Å²) in [7, 11) is 0. The fraction of sp³-hybridized carbons (Fsp3) is 0.235. The highest BCUT2D eigenvalue weighted by molar-refractivity contribution is 5.81. The Hall–Kier alpha value is -2.34. The molecule has 1 N–H and O–H groups in total. The lowest BCUT2D eigenvalue weighted by molar-refractivity contribution is -0.137. The molecule has 0 fully saturated rings. The van der Waals surface area contributed by atoms with E-state index >= 15 is 0 Å². The summed E-state index contributed by atoms with van der Waals surface area (Å²) in [6.07, 6.45) is -3.31. The molecule has 6 heteroatoms. The number of hydrogen-bond donors (Lipinski definition) is 1. The zero-order valence-corrected chi connectivity index (χ0v) is 12.1. The van der Waals surface area contributed by atoms with Crippen LogP contribution in [0.25, 0.3) is 11.1 Å². The van der Waals surface area contributed by atoms with Gasteiger partial charge in [0, 0.05) is 13.0 Å². The molecule has 2 rings (SSSR count). The molecular weight excluding hydrogens is 309 g/mol. The summed E-state index contributed by atoms with van der Waals surface area (Å²) in [5.74, 6) is 0.339. The maximum Gasteiger partial charge on any atom is 0.416 e. The first-order valence-corrected chi connectivity index (χ1v) is 6.96. The molecule has 3 nitrogen and oxygen atoms in total. The topological polar surface area (TPSA) is 46.5 Å². The number of aliphatic hydroxyl groups is 1.